The van der Waals surface area contributed by atoms with Gasteiger partial charge < -0.3 is 14.8 Å². The van der Waals surface area contributed by atoms with Crippen LogP contribution in [0.5, 0.6) is 11.5 Å². The summed E-state index contributed by atoms with van der Waals surface area (Å²) in [7, 11) is 1.58. The summed E-state index contributed by atoms with van der Waals surface area (Å²) in [6.07, 6.45) is 0.913. The maximum atomic E-state index is 13.3. The van der Waals surface area contributed by atoms with Crippen molar-refractivity contribution >= 4 is 23.1 Å². The Labute approximate surface area is 183 Å². The Bertz CT molecular complexity index is 993. The molecule has 0 radical (unpaired) electrons. The first-order valence-electron chi connectivity index (χ1n) is 10.6. The van der Waals surface area contributed by atoms with Crippen LogP contribution >= 0.6 is 0 Å². The molecule has 1 heterocycles. The number of carbonyl (C=O) groups excluding carboxylic acids is 2. The summed E-state index contributed by atoms with van der Waals surface area (Å²) >= 11 is 0. The Balaban J connectivity index is 2.04. The number of aryl methyl sites for hydroxylation is 1. The zero-order chi connectivity index (χ0) is 22.5. The number of imide groups is 1. The van der Waals surface area contributed by atoms with Crippen LogP contribution in [-0.2, 0) is 9.59 Å². The molecule has 1 N–H and O–H groups in total. The van der Waals surface area contributed by atoms with Crippen molar-refractivity contribution in [3.05, 3.63) is 59.3 Å². The average molecular weight is 423 g/mol. The summed E-state index contributed by atoms with van der Waals surface area (Å²) in [4.78, 5) is 27.8. The van der Waals surface area contributed by atoms with Crippen LogP contribution in [-0.4, -0.2) is 37.0 Å². The fourth-order valence-corrected chi connectivity index (χ4v) is 3.48. The van der Waals surface area contributed by atoms with Crippen molar-refractivity contribution in [3.63, 3.8) is 0 Å². The number of methoxy groups -OCH3 is 1. The summed E-state index contributed by atoms with van der Waals surface area (Å²) < 4.78 is 11.1. The van der Waals surface area contributed by atoms with Gasteiger partial charge in [0.25, 0.3) is 11.8 Å². The van der Waals surface area contributed by atoms with Crippen LogP contribution in [0.25, 0.3) is 5.57 Å². The third kappa shape index (κ3) is 4.90. The van der Waals surface area contributed by atoms with E-state index in [0.29, 0.717) is 35.7 Å². The first kappa shape index (κ1) is 22.4. The smallest absolute Gasteiger partial charge is 0.278 e. The number of amides is 2. The Kier molecular flexibility index (Phi) is 7.00. The fraction of sp³-hybridized carbons (Fsp3) is 0.360. The van der Waals surface area contributed by atoms with Gasteiger partial charge in [-0.3, -0.25) is 14.5 Å². The first-order chi connectivity index (χ1) is 14.8. The van der Waals surface area contributed by atoms with E-state index < -0.39 is 0 Å². The normalized spacial score (nSPS) is 13.9. The number of hydrogen-bond acceptors (Lipinski definition) is 5. The lowest BCUT2D eigenvalue weighted by molar-refractivity contribution is -0.137. The number of anilines is 1. The van der Waals surface area contributed by atoms with E-state index in [1.807, 2.05) is 70.2 Å². The van der Waals surface area contributed by atoms with E-state index in [0.717, 1.165) is 17.7 Å². The molecule has 2 aromatic carbocycles. The Morgan fingerprint density at radius 1 is 1.03 bits per heavy atom. The van der Waals surface area contributed by atoms with Gasteiger partial charge in [0.1, 0.15) is 17.2 Å². The fourth-order valence-electron chi connectivity index (χ4n) is 3.48. The molecule has 6 heteroatoms. The SMILES string of the molecule is CCCOc1ccc(C2=C(Nc3cc(C)ccc3OC)C(=O)N(CC(C)C)C2=O)cc1. The van der Waals surface area contributed by atoms with Gasteiger partial charge in [-0.05, 0) is 54.7 Å². The molecule has 0 saturated carbocycles. The van der Waals surface area contributed by atoms with E-state index in [-0.39, 0.29) is 23.4 Å². The van der Waals surface area contributed by atoms with Crippen LogP contribution in [0.15, 0.2) is 48.2 Å². The third-order valence-corrected chi connectivity index (χ3v) is 4.95. The van der Waals surface area contributed by atoms with Crippen LogP contribution < -0.4 is 14.8 Å². The summed E-state index contributed by atoms with van der Waals surface area (Å²) in [5.74, 6) is 0.866. The number of benzene rings is 2. The molecule has 6 nitrogen and oxygen atoms in total. The highest BCUT2D eigenvalue weighted by molar-refractivity contribution is 6.36. The molecule has 0 aromatic heterocycles. The maximum Gasteiger partial charge on any atom is 0.278 e. The van der Waals surface area contributed by atoms with Crippen LogP contribution in [0.2, 0.25) is 0 Å². The summed E-state index contributed by atoms with van der Waals surface area (Å²) in [5.41, 5.74) is 2.94. The molecule has 3 rings (SSSR count). The minimum atomic E-state index is -0.330. The number of nitrogens with one attached hydrogen (secondary N) is 1. The minimum absolute atomic E-state index is 0.159. The summed E-state index contributed by atoms with van der Waals surface area (Å²) in [5, 5.41) is 3.19. The number of ether oxygens (including phenoxy) is 2. The Hall–Kier alpha value is -3.28. The number of hydrogen-bond donors (Lipinski definition) is 1. The Morgan fingerprint density at radius 3 is 2.35 bits per heavy atom. The lowest BCUT2D eigenvalue weighted by Crippen LogP contribution is -2.35. The van der Waals surface area contributed by atoms with Gasteiger partial charge in [0, 0.05) is 6.54 Å². The molecule has 1 aliphatic rings. The van der Waals surface area contributed by atoms with E-state index in [1.165, 1.54) is 4.90 Å². The van der Waals surface area contributed by atoms with E-state index in [1.54, 1.807) is 7.11 Å². The second-order valence-electron chi connectivity index (χ2n) is 8.07. The highest BCUT2D eigenvalue weighted by atomic mass is 16.5. The molecule has 2 aromatic rings. The van der Waals surface area contributed by atoms with Crippen molar-refractivity contribution in [2.45, 2.75) is 34.1 Å². The molecular weight excluding hydrogens is 392 g/mol. The van der Waals surface area contributed by atoms with Gasteiger partial charge in [0.2, 0.25) is 0 Å². The molecule has 31 heavy (non-hydrogen) atoms. The average Bonchev–Trinajstić information content (AvgIpc) is 2.97. The predicted molar refractivity (Wildman–Crippen MR) is 122 cm³/mol. The van der Waals surface area contributed by atoms with E-state index in [2.05, 4.69) is 5.32 Å². The molecule has 164 valence electrons. The first-order valence-corrected chi connectivity index (χ1v) is 10.6. The third-order valence-electron chi connectivity index (χ3n) is 4.95. The highest BCUT2D eigenvalue weighted by Crippen LogP contribution is 2.34. The standard InChI is InChI=1S/C25H30N2O4/c1-6-13-31-19-10-8-18(9-11-19)22-23(25(29)27(24(22)28)15-16(2)3)26-20-14-17(4)7-12-21(20)30-5/h7-12,14,16,26H,6,13,15H2,1-5H3. The number of carbonyl (C=O) groups is 2. The number of rotatable bonds is 9. The van der Waals surface area contributed by atoms with Gasteiger partial charge in [-0.2, -0.15) is 0 Å². The minimum Gasteiger partial charge on any atom is -0.495 e. The molecule has 0 atom stereocenters. The lowest BCUT2D eigenvalue weighted by atomic mass is 10.0. The molecule has 0 saturated heterocycles. The summed E-state index contributed by atoms with van der Waals surface area (Å²) in [6.45, 7) is 8.95. The monoisotopic (exact) mass is 422 g/mol. The maximum absolute atomic E-state index is 13.3. The molecule has 2 amide bonds. The molecular formula is C25H30N2O4. The van der Waals surface area contributed by atoms with E-state index >= 15 is 0 Å². The Morgan fingerprint density at radius 2 is 1.74 bits per heavy atom. The van der Waals surface area contributed by atoms with Crippen molar-refractivity contribution < 1.29 is 19.1 Å². The van der Waals surface area contributed by atoms with Gasteiger partial charge in [0.15, 0.2) is 0 Å². The van der Waals surface area contributed by atoms with Crippen molar-refractivity contribution in [3.8, 4) is 11.5 Å². The van der Waals surface area contributed by atoms with Gasteiger partial charge in [-0.15, -0.1) is 0 Å². The van der Waals surface area contributed by atoms with Crippen molar-refractivity contribution in [2.24, 2.45) is 5.92 Å². The van der Waals surface area contributed by atoms with Crippen LogP contribution in [0.1, 0.15) is 38.3 Å². The zero-order valence-electron chi connectivity index (χ0n) is 18.8. The van der Waals surface area contributed by atoms with Crippen LogP contribution in [0, 0.1) is 12.8 Å². The summed E-state index contributed by atoms with van der Waals surface area (Å²) in [6, 6.07) is 13.0. The lowest BCUT2D eigenvalue weighted by Gasteiger charge is -2.18. The van der Waals surface area contributed by atoms with Crippen molar-refractivity contribution in [1.82, 2.24) is 4.90 Å². The zero-order valence-corrected chi connectivity index (χ0v) is 18.8. The van der Waals surface area contributed by atoms with E-state index in [9.17, 15) is 9.59 Å². The predicted octanol–water partition coefficient (Wildman–Crippen LogP) is 4.64. The number of nitrogens with zero attached hydrogens (tertiary/aromatic N) is 1. The molecule has 0 bridgehead atoms. The van der Waals surface area contributed by atoms with Gasteiger partial charge >= 0.3 is 0 Å². The molecule has 0 fully saturated rings. The quantitative estimate of drug-likeness (QED) is 0.596. The van der Waals surface area contributed by atoms with Gasteiger partial charge in [0.05, 0.1) is 25.0 Å². The van der Waals surface area contributed by atoms with Gasteiger partial charge in [-0.25, -0.2) is 0 Å². The second kappa shape index (κ2) is 9.69. The van der Waals surface area contributed by atoms with Crippen molar-refractivity contribution in [1.29, 1.82) is 0 Å². The highest BCUT2D eigenvalue weighted by Gasteiger charge is 2.39. The molecule has 0 spiro atoms. The van der Waals surface area contributed by atoms with Crippen molar-refractivity contribution in [2.75, 3.05) is 25.6 Å². The molecule has 0 unspecified atom stereocenters. The van der Waals surface area contributed by atoms with E-state index in [4.69, 9.17) is 9.47 Å². The van der Waals surface area contributed by atoms with Gasteiger partial charge in [-0.1, -0.05) is 39.0 Å². The van der Waals surface area contributed by atoms with Crippen LogP contribution in [0.4, 0.5) is 5.69 Å². The molecule has 0 aliphatic carbocycles. The largest absolute Gasteiger partial charge is 0.495 e. The molecule has 1 aliphatic heterocycles. The topological polar surface area (TPSA) is 67.9 Å². The second-order valence-corrected chi connectivity index (χ2v) is 8.07. The van der Waals surface area contributed by atoms with Crippen LogP contribution in [0.3, 0.4) is 0 Å².